The highest BCUT2D eigenvalue weighted by molar-refractivity contribution is 7.21. The lowest BCUT2D eigenvalue weighted by molar-refractivity contribution is 0.588. The topological polar surface area (TPSA) is 68.0 Å². The molecule has 1 aliphatic heterocycles. The van der Waals surface area contributed by atoms with Crippen LogP contribution in [-0.2, 0) is 7.05 Å². The molecule has 3 aromatic heterocycles. The lowest BCUT2D eigenvalue weighted by Crippen LogP contribution is -2.43. The zero-order valence-electron chi connectivity index (χ0n) is 14.3. The van der Waals surface area contributed by atoms with Gasteiger partial charge in [0, 0.05) is 51.0 Å². The van der Waals surface area contributed by atoms with Crippen LogP contribution < -0.4 is 15.8 Å². The van der Waals surface area contributed by atoms with Crippen molar-refractivity contribution in [3.63, 3.8) is 0 Å². The Labute approximate surface area is 153 Å². The molecule has 0 aliphatic carbocycles. The van der Waals surface area contributed by atoms with E-state index in [1.807, 2.05) is 36.0 Å². The lowest BCUT2D eigenvalue weighted by Gasteiger charge is -2.26. The van der Waals surface area contributed by atoms with Gasteiger partial charge in [0.1, 0.15) is 6.33 Å². The van der Waals surface area contributed by atoms with Crippen LogP contribution in [0.5, 0.6) is 0 Å². The molecule has 8 heteroatoms. The third kappa shape index (κ3) is 2.49. The molecule has 132 valence electrons. The first kappa shape index (κ1) is 15.5. The second kappa shape index (κ2) is 5.93. The molecule has 7 nitrogen and oxygen atoms in total. The number of aromatic nitrogens is 4. The van der Waals surface area contributed by atoms with Gasteiger partial charge in [-0.3, -0.25) is 9.36 Å². The number of anilines is 1. The maximum atomic E-state index is 13.0. The Morgan fingerprint density at radius 3 is 2.81 bits per heavy atom. The van der Waals surface area contributed by atoms with E-state index in [2.05, 4.69) is 26.4 Å². The Kier molecular flexibility index (Phi) is 3.54. The maximum absolute atomic E-state index is 13.0. The number of nitrogens with zero attached hydrogens (tertiary/aromatic N) is 5. The summed E-state index contributed by atoms with van der Waals surface area (Å²) in [4.78, 5) is 25.0. The van der Waals surface area contributed by atoms with Crippen molar-refractivity contribution in [2.45, 2.75) is 0 Å². The molecule has 1 fully saturated rings. The molecule has 1 aromatic carbocycles. The number of piperazine rings is 1. The molecule has 4 aromatic rings. The first-order valence-electron chi connectivity index (χ1n) is 8.59. The SMILES string of the molecule is Cn1cc2ccc(-n3cnc4sc(N5CCNCC5)nc4c3=O)cc2c1. The van der Waals surface area contributed by atoms with E-state index in [1.165, 1.54) is 11.3 Å². The summed E-state index contributed by atoms with van der Waals surface area (Å²) in [6.45, 7) is 3.67. The van der Waals surface area contributed by atoms with Crippen molar-refractivity contribution in [2.24, 2.45) is 7.05 Å². The van der Waals surface area contributed by atoms with Crippen LogP contribution in [0.4, 0.5) is 5.13 Å². The molecular weight excluding hydrogens is 348 g/mol. The van der Waals surface area contributed by atoms with Gasteiger partial charge in [-0.2, -0.15) is 0 Å². The standard InChI is InChI=1S/C18H18N6OS/c1-22-9-12-2-3-14(8-13(12)10-22)24-11-20-16-15(17(24)25)21-18(26-16)23-6-4-19-5-7-23/h2-3,8-11,19H,4-7H2,1H3. The molecule has 1 N–H and O–H groups in total. The molecule has 0 spiro atoms. The normalized spacial score (nSPS) is 15.2. The number of fused-ring (bicyclic) bond motifs is 2. The van der Waals surface area contributed by atoms with Crippen molar-refractivity contribution in [3.05, 3.63) is 47.3 Å². The summed E-state index contributed by atoms with van der Waals surface area (Å²) < 4.78 is 3.59. The van der Waals surface area contributed by atoms with Crippen LogP contribution in [0.25, 0.3) is 26.8 Å². The van der Waals surface area contributed by atoms with Crippen LogP contribution in [0.1, 0.15) is 0 Å². The van der Waals surface area contributed by atoms with Gasteiger partial charge >= 0.3 is 0 Å². The molecule has 0 radical (unpaired) electrons. The van der Waals surface area contributed by atoms with E-state index in [0.717, 1.165) is 47.8 Å². The van der Waals surface area contributed by atoms with Crippen LogP contribution >= 0.6 is 11.3 Å². The van der Waals surface area contributed by atoms with Crippen LogP contribution in [-0.4, -0.2) is 45.3 Å². The Bertz CT molecular complexity index is 1170. The first-order chi connectivity index (χ1) is 12.7. The van der Waals surface area contributed by atoms with Gasteiger partial charge in [-0.25, -0.2) is 9.97 Å². The fraction of sp³-hybridized carbons (Fsp3) is 0.278. The predicted molar refractivity (Wildman–Crippen MR) is 105 cm³/mol. The molecule has 5 rings (SSSR count). The third-order valence-electron chi connectivity index (χ3n) is 4.73. The van der Waals surface area contributed by atoms with Crippen molar-refractivity contribution < 1.29 is 0 Å². The summed E-state index contributed by atoms with van der Waals surface area (Å²) in [5.74, 6) is 0. The number of hydrogen-bond donors (Lipinski definition) is 1. The summed E-state index contributed by atoms with van der Waals surface area (Å²) in [7, 11) is 1.99. The quantitative estimate of drug-likeness (QED) is 0.585. The summed E-state index contributed by atoms with van der Waals surface area (Å²) in [5.41, 5.74) is 1.13. The van der Waals surface area contributed by atoms with Gasteiger partial charge in [0.25, 0.3) is 5.56 Å². The Morgan fingerprint density at radius 1 is 1.15 bits per heavy atom. The summed E-state index contributed by atoms with van der Waals surface area (Å²) >= 11 is 1.49. The number of benzene rings is 1. The molecule has 0 unspecified atom stereocenters. The minimum Gasteiger partial charge on any atom is -0.356 e. The number of thiazole rings is 1. The van der Waals surface area contributed by atoms with Crippen molar-refractivity contribution in [1.82, 2.24) is 24.4 Å². The molecular formula is C18H18N6OS. The highest BCUT2D eigenvalue weighted by Gasteiger charge is 2.18. The summed E-state index contributed by atoms with van der Waals surface area (Å²) in [6, 6.07) is 5.98. The average Bonchev–Trinajstić information content (AvgIpc) is 3.25. The number of nitrogens with one attached hydrogen (secondary N) is 1. The summed E-state index contributed by atoms with van der Waals surface area (Å²) in [6.07, 6.45) is 5.71. The summed E-state index contributed by atoms with van der Waals surface area (Å²) in [5, 5.41) is 6.45. The van der Waals surface area contributed by atoms with Crippen LogP contribution in [0.15, 0.2) is 41.7 Å². The van der Waals surface area contributed by atoms with Gasteiger partial charge < -0.3 is 14.8 Å². The molecule has 0 bridgehead atoms. The van der Waals surface area contributed by atoms with E-state index in [0.29, 0.717) is 10.3 Å². The van der Waals surface area contributed by atoms with Gasteiger partial charge in [0.15, 0.2) is 15.5 Å². The van der Waals surface area contributed by atoms with E-state index in [4.69, 9.17) is 0 Å². The zero-order valence-corrected chi connectivity index (χ0v) is 15.2. The highest BCUT2D eigenvalue weighted by atomic mass is 32.1. The average molecular weight is 366 g/mol. The van der Waals surface area contributed by atoms with Gasteiger partial charge in [0.2, 0.25) is 0 Å². The van der Waals surface area contributed by atoms with Crippen LogP contribution in [0.2, 0.25) is 0 Å². The fourth-order valence-corrected chi connectivity index (χ4v) is 4.35. The maximum Gasteiger partial charge on any atom is 0.285 e. The number of hydrogen-bond acceptors (Lipinski definition) is 6. The molecule has 4 heterocycles. The van der Waals surface area contributed by atoms with Gasteiger partial charge in [-0.1, -0.05) is 17.4 Å². The van der Waals surface area contributed by atoms with Gasteiger partial charge in [-0.15, -0.1) is 0 Å². The van der Waals surface area contributed by atoms with E-state index < -0.39 is 0 Å². The number of rotatable bonds is 2. The van der Waals surface area contributed by atoms with Crippen molar-refractivity contribution in [2.75, 3.05) is 31.1 Å². The van der Waals surface area contributed by atoms with Crippen molar-refractivity contribution >= 4 is 37.6 Å². The van der Waals surface area contributed by atoms with Gasteiger partial charge in [0.05, 0.1) is 5.69 Å². The van der Waals surface area contributed by atoms with Crippen LogP contribution in [0, 0.1) is 0 Å². The molecule has 1 aliphatic rings. The zero-order chi connectivity index (χ0) is 17.7. The largest absolute Gasteiger partial charge is 0.356 e. The van der Waals surface area contributed by atoms with Crippen molar-refractivity contribution in [3.8, 4) is 5.69 Å². The molecule has 26 heavy (non-hydrogen) atoms. The van der Waals surface area contributed by atoms with Gasteiger partial charge in [-0.05, 0) is 17.5 Å². The number of aryl methyl sites for hydroxylation is 1. The first-order valence-corrected chi connectivity index (χ1v) is 9.41. The predicted octanol–water partition coefficient (Wildman–Crippen LogP) is 1.74. The minimum absolute atomic E-state index is 0.122. The van der Waals surface area contributed by atoms with E-state index in [-0.39, 0.29) is 5.56 Å². The smallest absolute Gasteiger partial charge is 0.285 e. The fourth-order valence-electron chi connectivity index (χ4n) is 3.40. The molecule has 0 atom stereocenters. The Morgan fingerprint density at radius 2 is 1.96 bits per heavy atom. The van der Waals surface area contributed by atoms with Crippen LogP contribution in [0.3, 0.4) is 0 Å². The highest BCUT2D eigenvalue weighted by Crippen LogP contribution is 2.26. The monoisotopic (exact) mass is 366 g/mol. The van der Waals surface area contributed by atoms with E-state index in [1.54, 1.807) is 10.9 Å². The Hall–Kier alpha value is -2.71. The lowest BCUT2D eigenvalue weighted by atomic mass is 10.2. The third-order valence-corrected chi connectivity index (χ3v) is 5.76. The van der Waals surface area contributed by atoms with Crippen molar-refractivity contribution in [1.29, 1.82) is 0 Å². The Balaban J connectivity index is 1.61. The minimum atomic E-state index is -0.122. The molecule has 0 amide bonds. The second-order valence-corrected chi connectivity index (χ2v) is 7.50. The van der Waals surface area contributed by atoms with E-state index >= 15 is 0 Å². The molecule has 0 saturated carbocycles. The van der Waals surface area contributed by atoms with E-state index in [9.17, 15) is 4.79 Å². The second-order valence-electron chi connectivity index (χ2n) is 6.54. The molecule has 1 saturated heterocycles.